The van der Waals surface area contributed by atoms with Gasteiger partial charge >= 0.3 is 6.03 Å². The maximum Gasteiger partial charge on any atom is 0.319 e. The summed E-state index contributed by atoms with van der Waals surface area (Å²) in [5.74, 6) is 0.796. The van der Waals surface area contributed by atoms with Gasteiger partial charge in [0.05, 0.1) is 30.8 Å². The summed E-state index contributed by atoms with van der Waals surface area (Å²) in [5, 5.41) is 6.05. The molecule has 1 aliphatic rings. The molecule has 0 radical (unpaired) electrons. The van der Waals surface area contributed by atoms with Gasteiger partial charge in [-0.1, -0.05) is 134 Å². The van der Waals surface area contributed by atoms with E-state index >= 15 is 0 Å². The predicted octanol–water partition coefficient (Wildman–Crippen LogP) is 9.84. The smallest absolute Gasteiger partial charge is 0.319 e. The molecule has 288 valence electrons. The van der Waals surface area contributed by atoms with Crippen LogP contribution in [0.2, 0.25) is 0 Å². The number of fused-ring (bicyclic) bond motifs is 1. The molecule has 2 heterocycles. The van der Waals surface area contributed by atoms with E-state index in [-0.39, 0.29) is 6.03 Å². The van der Waals surface area contributed by atoms with Crippen LogP contribution in [0.15, 0.2) is 152 Å². The van der Waals surface area contributed by atoms with Gasteiger partial charge in [-0.25, -0.2) is 9.78 Å². The number of imidazole rings is 1. The number of rotatable bonds is 19. The Labute approximate surface area is 331 Å². The molecule has 0 spiro atoms. The van der Waals surface area contributed by atoms with Crippen molar-refractivity contribution >= 4 is 17.4 Å². The highest BCUT2D eigenvalue weighted by Crippen LogP contribution is 2.41. The van der Waals surface area contributed by atoms with Crippen LogP contribution in [0.4, 0.5) is 16.2 Å². The van der Waals surface area contributed by atoms with Crippen LogP contribution >= 0.6 is 0 Å². The molecule has 1 aromatic heterocycles. The number of benzene rings is 5. The molecule has 7 rings (SSSR count). The van der Waals surface area contributed by atoms with Gasteiger partial charge in [-0.15, -0.1) is 0 Å². The zero-order valence-electron chi connectivity index (χ0n) is 32.2. The van der Waals surface area contributed by atoms with E-state index < -0.39 is 5.54 Å². The van der Waals surface area contributed by atoms with E-state index in [0.29, 0.717) is 26.2 Å². The van der Waals surface area contributed by atoms with Crippen molar-refractivity contribution in [2.24, 2.45) is 0 Å². The number of hydrogen-bond donors (Lipinski definition) is 2. The van der Waals surface area contributed by atoms with Crippen molar-refractivity contribution in [2.45, 2.75) is 57.0 Å². The molecule has 5 aromatic carbocycles. The fourth-order valence-electron chi connectivity index (χ4n) is 7.66. The van der Waals surface area contributed by atoms with Gasteiger partial charge in [0.2, 0.25) is 0 Å². The number of amides is 2. The van der Waals surface area contributed by atoms with Crippen LogP contribution in [0.1, 0.15) is 66.5 Å². The molecular weight excluding hydrogens is 695 g/mol. The molecule has 8 heteroatoms. The summed E-state index contributed by atoms with van der Waals surface area (Å²) in [6.07, 6.45) is 11.6. The van der Waals surface area contributed by atoms with E-state index in [1.165, 1.54) is 5.56 Å². The molecule has 0 aliphatic carbocycles. The number of urea groups is 1. The van der Waals surface area contributed by atoms with Crippen LogP contribution in [0, 0.1) is 0 Å². The number of nitrogens with one attached hydrogen (secondary N) is 2. The molecule has 0 saturated heterocycles. The molecule has 0 fully saturated rings. The van der Waals surface area contributed by atoms with E-state index in [1.807, 2.05) is 24.5 Å². The lowest BCUT2D eigenvalue weighted by Crippen LogP contribution is -2.37. The Balaban J connectivity index is 0.918. The van der Waals surface area contributed by atoms with Gasteiger partial charge in [0, 0.05) is 31.6 Å². The Morgan fingerprint density at radius 3 is 1.98 bits per heavy atom. The predicted molar refractivity (Wildman–Crippen MR) is 226 cm³/mol. The molecule has 56 heavy (non-hydrogen) atoms. The maximum atomic E-state index is 12.9. The Kier molecular flexibility index (Phi) is 13.5. The van der Waals surface area contributed by atoms with Gasteiger partial charge in [-0.2, -0.15) is 0 Å². The van der Waals surface area contributed by atoms with E-state index in [1.54, 1.807) is 0 Å². The van der Waals surface area contributed by atoms with Gasteiger partial charge in [-0.3, -0.25) is 0 Å². The molecule has 6 aromatic rings. The lowest BCUT2D eigenvalue weighted by Gasteiger charge is -2.37. The molecule has 1 aliphatic heterocycles. The van der Waals surface area contributed by atoms with Crippen LogP contribution in [-0.4, -0.2) is 48.5 Å². The zero-order valence-corrected chi connectivity index (χ0v) is 32.2. The number of carbonyl (C=O) groups excluding carboxylic acids is 1. The van der Waals surface area contributed by atoms with Crippen molar-refractivity contribution in [1.82, 2.24) is 14.9 Å². The van der Waals surface area contributed by atoms with Crippen LogP contribution in [-0.2, 0) is 23.2 Å². The molecule has 2 amide bonds. The Morgan fingerprint density at radius 2 is 1.32 bits per heavy atom. The summed E-state index contributed by atoms with van der Waals surface area (Å²) < 4.78 is 14.1. The Bertz CT molecular complexity index is 1980. The summed E-state index contributed by atoms with van der Waals surface area (Å²) in [7, 11) is 0. The normalized spacial score (nSPS) is 12.5. The zero-order chi connectivity index (χ0) is 38.3. The molecule has 0 atom stereocenters. The second-order valence-corrected chi connectivity index (χ2v) is 14.4. The Hall–Kier alpha value is -5.86. The SMILES string of the molecule is O=C(NCCCCCCOCCCCc1ccccc1)Nc1ccc2c(c1)N(Cc1cn(C(c3ccccc3)(c3ccccc3)c3ccccc3)cn1)CCO2. The van der Waals surface area contributed by atoms with E-state index in [9.17, 15) is 4.79 Å². The second-order valence-electron chi connectivity index (χ2n) is 14.4. The van der Waals surface area contributed by atoms with Crippen LogP contribution in [0.3, 0.4) is 0 Å². The molecule has 2 N–H and O–H groups in total. The third-order valence-corrected chi connectivity index (χ3v) is 10.5. The number of carbonyl (C=O) groups is 1. The first-order valence-electron chi connectivity index (χ1n) is 20.1. The van der Waals surface area contributed by atoms with Crippen molar-refractivity contribution in [3.05, 3.63) is 180 Å². The number of ether oxygens (including phenoxy) is 2. The highest BCUT2D eigenvalue weighted by Gasteiger charge is 2.38. The molecular formula is C48H53N5O3. The van der Waals surface area contributed by atoms with Crippen molar-refractivity contribution in [2.75, 3.05) is 43.1 Å². The fourth-order valence-corrected chi connectivity index (χ4v) is 7.66. The molecule has 0 bridgehead atoms. The lowest BCUT2D eigenvalue weighted by atomic mass is 9.77. The van der Waals surface area contributed by atoms with Crippen molar-refractivity contribution < 1.29 is 14.3 Å². The topological polar surface area (TPSA) is 80.7 Å². The van der Waals surface area contributed by atoms with Crippen molar-refractivity contribution in [3.63, 3.8) is 0 Å². The molecule has 0 saturated carbocycles. The summed E-state index contributed by atoms with van der Waals surface area (Å²) >= 11 is 0. The van der Waals surface area contributed by atoms with Crippen LogP contribution in [0.25, 0.3) is 0 Å². The number of unbranched alkanes of at least 4 members (excludes halogenated alkanes) is 4. The molecule has 8 nitrogen and oxygen atoms in total. The highest BCUT2D eigenvalue weighted by atomic mass is 16.5. The van der Waals surface area contributed by atoms with Crippen LogP contribution in [0.5, 0.6) is 5.75 Å². The summed E-state index contributed by atoms with van der Waals surface area (Å²) in [5.41, 5.74) is 6.81. The lowest BCUT2D eigenvalue weighted by molar-refractivity contribution is 0.126. The van der Waals surface area contributed by atoms with Crippen molar-refractivity contribution in [3.8, 4) is 5.75 Å². The minimum atomic E-state index is -0.625. The second kappa shape index (κ2) is 19.6. The van der Waals surface area contributed by atoms with Gasteiger partial charge in [0.25, 0.3) is 0 Å². The third-order valence-electron chi connectivity index (χ3n) is 10.5. The molecule has 0 unspecified atom stereocenters. The Morgan fingerprint density at radius 1 is 0.714 bits per heavy atom. The number of hydrogen-bond acceptors (Lipinski definition) is 5. The highest BCUT2D eigenvalue weighted by molar-refractivity contribution is 5.90. The number of aromatic nitrogens is 2. The summed E-state index contributed by atoms with van der Waals surface area (Å²) in [6, 6.07) is 48.1. The number of nitrogens with zero attached hydrogens (tertiary/aromatic N) is 3. The third kappa shape index (κ3) is 9.68. The summed E-state index contributed by atoms with van der Waals surface area (Å²) in [6.45, 7) is 4.12. The minimum absolute atomic E-state index is 0.204. The fraction of sp³-hybridized carbons (Fsp3) is 0.292. The minimum Gasteiger partial charge on any atom is -0.490 e. The monoisotopic (exact) mass is 747 g/mol. The standard InChI is InChI=1S/C48H53N5O3/c54-47(49-30-16-1-2-17-32-55-33-18-15-21-39-19-7-3-8-20-39)51-43-28-29-46-45(35-43)52(31-34-56-46)36-44-37-53(38-50-44)48(40-22-9-4-10-23-40,41-24-11-5-12-25-41)42-26-13-6-14-27-42/h3-14,19-20,22-29,35,37-38H,1-2,15-18,21,30-34,36H2,(H2,49,51,54). The number of aryl methyl sites for hydroxylation is 1. The quantitative estimate of drug-likeness (QED) is 0.0637. The van der Waals surface area contributed by atoms with Gasteiger partial charge in [0.15, 0.2) is 0 Å². The van der Waals surface area contributed by atoms with Gasteiger partial charge < -0.3 is 29.6 Å². The van der Waals surface area contributed by atoms with Gasteiger partial charge in [0.1, 0.15) is 17.9 Å². The number of anilines is 2. The van der Waals surface area contributed by atoms with Gasteiger partial charge in [-0.05, 0) is 72.6 Å². The average molecular weight is 748 g/mol. The maximum absolute atomic E-state index is 12.9. The van der Waals surface area contributed by atoms with E-state index in [2.05, 4.69) is 148 Å². The van der Waals surface area contributed by atoms with E-state index in [0.717, 1.165) is 97.7 Å². The first kappa shape index (κ1) is 38.4. The first-order valence-corrected chi connectivity index (χ1v) is 20.1. The van der Waals surface area contributed by atoms with Crippen molar-refractivity contribution in [1.29, 1.82) is 0 Å². The largest absolute Gasteiger partial charge is 0.490 e. The van der Waals surface area contributed by atoms with E-state index in [4.69, 9.17) is 14.5 Å². The summed E-state index contributed by atoms with van der Waals surface area (Å²) in [4.78, 5) is 20.1. The van der Waals surface area contributed by atoms with Crippen LogP contribution < -0.4 is 20.3 Å². The first-order chi connectivity index (χ1) is 27.7. The average Bonchev–Trinajstić information content (AvgIpc) is 3.72.